The minimum Gasteiger partial charge on any atom is -0.383 e. The van der Waals surface area contributed by atoms with Crippen LogP contribution >= 0.6 is 0 Å². The molecule has 0 spiro atoms. The molecule has 2 N–H and O–H groups in total. The van der Waals surface area contributed by atoms with Crippen molar-refractivity contribution in [2.75, 3.05) is 26.8 Å². The van der Waals surface area contributed by atoms with Crippen LogP contribution in [0.25, 0.3) is 0 Å². The van der Waals surface area contributed by atoms with Crippen LogP contribution in [0.3, 0.4) is 0 Å². The first-order chi connectivity index (χ1) is 8.63. The number of ether oxygens (including phenoxy) is 1. The van der Waals surface area contributed by atoms with Gasteiger partial charge in [0.25, 0.3) is 0 Å². The highest BCUT2D eigenvalue weighted by Gasteiger charge is 2.11. The Morgan fingerprint density at radius 1 is 1.56 bits per heavy atom. The number of carbonyl (C=O) groups is 1. The van der Waals surface area contributed by atoms with Crippen LogP contribution in [0.15, 0.2) is 6.33 Å². The summed E-state index contributed by atoms with van der Waals surface area (Å²) in [6.07, 6.45) is 2.37. The first-order valence-corrected chi connectivity index (χ1v) is 5.98. The van der Waals surface area contributed by atoms with E-state index in [1.54, 1.807) is 18.1 Å². The van der Waals surface area contributed by atoms with Crippen molar-refractivity contribution in [3.05, 3.63) is 12.2 Å². The Kier molecular flexibility index (Phi) is 6.31. The van der Waals surface area contributed by atoms with Gasteiger partial charge in [-0.25, -0.2) is 4.98 Å². The number of nitrogens with zero attached hydrogens (tertiary/aromatic N) is 3. The normalized spacial score (nSPS) is 12.4. The summed E-state index contributed by atoms with van der Waals surface area (Å²) in [5, 5.41) is 10.1. The number of hydrogen-bond donors (Lipinski definition) is 2. The summed E-state index contributed by atoms with van der Waals surface area (Å²) in [7, 11) is 3.43. The predicted octanol–water partition coefficient (Wildman–Crippen LogP) is -0.902. The lowest BCUT2D eigenvalue weighted by Crippen LogP contribution is -2.43. The van der Waals surface area contributed by atoms with Gasteiger partial charge in [-0.2, -0.15) is 5.10 Å². The molecule has 0 fully saturated rings. The molecule has 1 unspecified atom stereocenters. The summed E-state index contributed by atoms with van der Waals surface area (Å²) in [6.45, 7) is 3.55. The zero-order valence-corrected chi connectivity index (χ0v) is 11.1. The lowest BCUT2D eigenvalue weighted by Gasteiger charge is -2.13. The summed E-state index contributed by atoms with van der Waals surface area (Å²) in [5.74, 6) is 0.748. The molecule has 18 heavy (non-hydrogen) atoms. The Labute approximate surface area is 107 Å². The summed E-state index contributed by atoms with van der Waals surface area (Å²) < 4.78 is 6.52. The molecule has 0 aromatic carbocycles. The molecule has 0 saturated heterocycles. The highest BCUT2D eigenvalue weighted by Crippen LogP contribution is 1.89. The molecule has 0 aliphatic rings. The van der Waals surface area contributed by atoms with Crippen molar-refractivity contribution in [1.82, 2.24) is 25.4 Å². The van der Waals surface area contributed by atoms with Crippen molar-refractivity contribution in [2.45, 2.75) is 19.4 Å². The lowest BCUT2D eigenvalue weighted by molar-refractivity contribution is -0.122. The van der Waals surface area contributed by atoms with Crippen LogP contribution < -0.4 is 10.6 Å². The Balaban J connectivity index is 2.16. The van der Waals surface area contributed by atoms with E-state index >= 15 is 0 Å². The predicted molar refractivity (Wildman–Crippen MR) is 67.1 cm³/mol. The van der Waals surface area contributed by atoms with E-state index in [1.807, 2.05) is 14.0 Å². The van der Waals surface area contributed by atoms with Crippen molar-refractivity contribution in [3.8, 4) is 0 Å². The smallest absolute Gasteiger partial charge is 0.236 e. The van der Waals surface area contributed by atoms with Crippen LogP contribution in [-0.4, -0.2) is 53.5 Å². The molecule has 0 bridgehead atoms. The van der Waals surface area contributed by atoms with Crippen molar-refractivity contribution in [2.24, 2.45) is 7.05 Å². The van der Waals surface area contributed by atoms with E-state index in [-0.39, 0.29) is 11.9 Å². The summed E-state index contributed by atoms with van der Waals surface area (Å²) in [6, 6.07) is -0.231. The minimum atomic E-state index is -0.231. The Bertz CT molecular complexity index is 366. The topological polar surface area (TPSA) is 81.1 Å². The zero-order valence-electron chi connectivity index (χ0n) is 11.1. The Morgan fingerprint density at radius 2 is 2.33 bits per heavy atom. The molecule has 0 radical (unpaired) electrons. The molecule has 7 nitrogen and oxygen atoms in total. The van der Waals surface area contributed by atoms with Crippen LogP contribution in [0.4, 0.5) is 0 Å². The summed E-state index contributed by atoms with van der Waals surface area (Å²) >= 11 is 0. The van der Waals surface area contributed by atoms with Gasteiger partial charge in [0.2, 0.25) is 5.91 Å². The van der Waals surface area contributed by atoms with Gasteiger partial charge in [0.05, 0.1) is 12.6 Å². The average molecular weight is 255 g/mol. The zero-order chi connectivity index (χ0) is 13.4. The van der Waals surface area contributed by atoms with Gasteiger partial charge in [-0.1, -0.05) is 0 Å². The third kappa shape index (κ3) is 5.24. The number of nitrogens with one attached hydrogen (secondary N) is 2. The minimum absolute atomic E-state index is 0.0268. The maximum Gasteiger partial charge on any atom is 0.236 e. The second-order valence-corrected chi connectivity index (χ2v) is 4.04. The molecule has 0 saturated carbocycles. The lowest BCUT2D eigenvalue weighted by atomic mass is 10.3. The molecule has 0 aliphatic carbocycles. The first-order valence-electron chi connectivity index (χ1n) is 5.98. The highest BCUT2D eigenvalue weighted by atomic mass is 16.5. The third-order valence-electron chi connectivity index (χ3n) is 2.44. The van der Waals surface area contributed by atoms with Crippen molar-refractivity contribution in [1.29, 1.82) is 0 Å². The van der Waals surface area contributed by atoms with Gasteiger partial charge in [-0.3, -0.25) is 9.48 Å². The molecular formula is C11H21N5O2. The highest BCUT2D eigenvalue weighted by molar-refractivity contribution is 5.81. The van der Waals surface area contributed by atoms with E-state index in [4.69, 9.17) is 4.74 Å². The van der Waals surface area contributed by atoms with E-state index in [9.17, 15) is 4.79 Å². The van der Waals surface area contributed by atoms with Crippen molar-refractivity contribution >= 4 is 5.91 Å². The number of hydrogen-bond acceptors (Lipinski definition) is 5. The van der Waals surface area contributed by atoms with E-state index in [1.165, 1.54) is 0 Å². The third-order valence-corrected chi connectivity index (χ3v) is 2.44. The van der Waals surface area contributed by atoms with Crippen LogP contribution in [-0.2, 0) is 23.0 Å². The molecule has 7 heteroatoms. The fourth-order valence-electron chi connectivity index (χ4n) is 1.42. The molecule has 1 atom stereocenters. The Morgan fingerprint density at radius 3 is 2.94 bits per heavy atom. The maximum atomic E-state index is 11.6. The van der Waals surface area contributed by atoms with Gasteiger partial charge in [0.1, 0.15) is 6.33 Å². The Hall–Kier alpha value is -1.47. The van der Waals surface area contributed by atoms with Crippen molar-refractivity contribution in [3.63, 3.8) is 0 Å². The number of carbonyl (C=O) groups excluding carboxylic acids is 1. The summed E-state index contributed by atoms with van der Waals surface area (Å²) in [5.41, 5.74) is 0. The quantitative estimate of drug-likeness (QED) is 0.588. The van der Waals surface area contributed by atoms with Gasteiger partial charge < -0.3 is 15.4 Å². The fraction of sp³-hybridized carbons (Fsp3) is 0.727. The molecule has 1 amide bonds. The molecule has 1 heterocycles. The average Bonchev–Trinajstić information content (AvgIpc) is 2.75. The van der Waals surface area contributed by atoms with Crippen LogP contribution in [0.2, 0.25) is 0 Å². The fourth-order valence-corrected chi connectivity index (χ4v) is 1.42. The standard InChI is InChI=1S/C11H21N5O2/c1-9(11(17)13-6-7-18-3)12-5-4-10-14-8-16(2)15-10/h8-9,12H,4-7H2,1-3H3,(H,13,17). The van der Waals surface area contributed by atoms with Crippen LogP contribution in [0, 0.1) is 0 Å². The molecule has 1 aromatic heterocycles. The van der Waals surface area contributed by atoms with E-state index < -0.39 is 0 Å². The summed E-state index contributed by atoms with van der Waals surface area (Å²) in [4.78, 5) is 15.7. The monoisotopic (exact) mass is 255 g/mol. The van der Waals surface area contributed by atoms with Gasteiger partial charge in [0.15, 0.2) is 5.82 Å². The first kappa shape index (κ1) is 14.6. The largest absolute Gasteiger partial charge is 0.383 e. The van der Waals surface area contributed by atoms with Gasteiger partial charge >= 0.3 is 0 Å². The second-order valence-electron chi connectivity index (χ2n) is 4.04. The van der Waals surface area contributed by atoms with E-state index in [0.717, 1.165) is 5.82 Å². The van der Waals surface area contributed by atoms with E-state index in [0.29, 0.717) is 26.1 Å². The molecular weight excluding hydrogens is 234 g/mol. The molecule has 102 valence electrons. The second kappa shape index (κ2) is 7.78. The van der Waals surface area contributed by atoms with Crippen molar-refractivity contribution < 1.29 is 9.53 Å². The molecule has 0 aliphatic heterocycles. The number of aromatic nitrogens is 3. The number of amides is 1. The number of methoxy groups -OCH3 is 1. The SMILES string of the molecule is COCCNC(=O)C(C)NCCc1ncn(C)n1. The molecule has 1 rings (SSSR count). The van der Waals surface area contributed by atoms with Gasteiger partial charge in [-0.15, -0.1) is 0 Å². The van der Waals surface area contributed by atoms with Gasteiger partial charge in [0, 0.05) is 33.7 Å². The van der Waals surface area contributed by atoms with Crippen LogP contribution in [0.1, 0.15) is 12.7 Å². The number of aryl methyl sites for hydroxylation is 1. The van der Waals surface area contributed by atoms with Gasteiger partial charge in [-0.05, 0) is 6.92 Å². The molecule has 1 aromatic rings. The van der Waals surface area contributed by atoms with E-state index in [2.05, 4.69) is 20.7 Å². The maximum absolute atomic E-state index is 11.6. The van der Waals surface area contributed by atoms with Crippen LogP contribution in [0.5, 0.6) is 0 Å². The number of rotatable bonds is 8.